The van der Waals surface area contributed by atoms with Gasteiger partial charge in [0.1, 0.15) is 0 Å². The van der Waals surface area contributed by atoms with E-state index in [2.05, 4.69) is 17.1 Å². The van der Waals surface area contributed by atoms with E-state index in [1.165, 1.54) is 0 Å². The summed E-state index contributed by atoms with van der Waals surface area (Å²) in [5.74, 6) is 1.22. The third kappa shape index (κ3) is 3.57. The Bertz CT molecular complexity index is 323. The van der Waals surface area contributed by atoms with Gasteiger partial charge in [0.2, 0.25) is 5.89 Å². The van der Waals surface area contributed by atoms with E-state index in [9.17, 15) is 0 Å². The van der Waals surface area contributed by atoms with Gasteiger partial charge in [0.05, 0.1) is 11.6 Å². The third-order valence-corrected chi connectivity index (χ3v) is 2.54. The van der Waals surface area contributed by atoms with Gasteiger partial charge in [-0.05, 0) is 26.7 Å². The molecule has 1 rings (SSSR count). The Morgan fingerprint density at radius 3 is 2.75 bits per heavy atom. The highest BCUT2D eigenvalue weighted by atomic mass is 16.5. The molecule has 16 heavy (non-hydrogen) atoms. The van der Waals surface area contributed by atoms with Crippen molar-refractivity contribution in [2.75, 3.05) is 7.11 Å². The smallest absolute Gasteiger partial charge is 0.226 e. The zero-order valence-electron chi connectivity index (χ0n) is 10.5. The van der Waals surface area contributed by atoms with Gasteiger partial charge in [0.25, 0.3) is 0 Å². The van der Waals surface area contributed by atoms with Crippen LogP contribution in [0.1, 0.15) is 51.4 Å². The average Bonchev–Trinajstić information content (AvgIpc) is 2.66. The normalized spacial score (nSPS) is 14.1. The van der Waals surface area contributed by atoms with E-state index in [1.54, 1.807) is 7.11 Å². The molecule has 0 aliphatic rings. The predicted octanol–water partition coefficient (Wildman–Crippen LogP) is 1.84. The van der Waals surface area contributed by atoms with E-state index in [0.29, 0.717) is 18.1 Å². The number of nitrogens with two attached hydrogens (primary N) is 1. The number of hydrogen-bond donors (Lipinski definition) is 1. The monoisotopic (exact) mass is 227 g/mol. The maximum atomic E-state index is 6.00. The zero-order chi connectivity index (χ0) is 12.2. The molecule has 0 aromatic carbocycles. The lowest BCUT2D eigenvalue weighted by atomic mass is 9.99. The highest BCUT2D eigenvalue weighted by Crippen LogP contribution is 2.22. The molecule has 1 unspecified atom stereocenters. The maximum Gasteiger partial charge on any atom is 0.226 e. The van der Waals surface area contributed by atoms with Gasteiger partial charge in [-0.25, -0.2) is 0 Å². The second-order valence-electron chi connectivity index (χ2n) is 4.57. The molecular formula is C11H21N3O2. The van der Waals surface area contributed by atoms with E-state index in [-0.39, 0.29) is 11.6 Å². The third-order valence-electron chi connectivity index (χ3n) is 2.54. The average molecular weight is 227 g/mol. The molecule has 0 fully saturated rings. The van der Waals surface area contributed by atoms with Crippen LogP contribution >= 0.6 is 0 Å². The van der Waals surface area contributed by atoms with Crippen LogP contribution < -0.4 is 5.73 Å². The van der Waals surface area contributed by atoms with Gasteiger partial charge in [0.15, 0.2) is 5.82 Å². The lowest BCUT2D eigenvalue weighted by molar-refractivity contribution is 0.00920. The van der Waals surface area contributed by atoms with E-state index in [0.717, 1.165) is 12.8 Å². The summed E-state index contributed by atoms with van der Waals surface area (Å²) in [4.78, 5) is 4.26. The molecule has 0 aliphatic heterocycles. The van der Waals surface area contributed by atoms with Gasteiger partial charge in [-0.15, -0.1) is 0 Å². The number of ether oxygens (including phenoxy) is 1. The first-order valence-electron chi connectivity index (χ1n) is 5.61. The molecule has 0 saturated heterocycles. The molecule has 0 radical (unpaired) electrons. The molecule has 2 N–H and O–H groups in total. The minimum Gasteiger partial charge on any atom is -0.379 e. The highest BCUT2D eigenvalue weighted by Gasteiger charge is 2.24. The summed E-state index contributed by atoms with van der Waals surface area (Å²) in [6.07, 6.45) is 2.45. The van der Waals surface area contributed by atoms with Gasteiger partial charge < -0.3 is 15.0 Å². The molecule has 92 valence electrons. The van der Waals surface area contributed by atoms with Gasteiger partial charge >= 0.3 is 0 Å². The molecule has 0 aliphatic carbocycles. The van der Waals surface area contributed by atoms with Crippen molar-refractivity contribution in [3.63, 3.8) is 0 Å². The van der Waals surface area contributed by atoms with Crippen molar-refractivity contribution in [2.24, 2.45) is 5.73 Å². The molecule has 1 heterocycles. The Morgan fingerprint density at radius 1 is 1.50 bits per heavy atom. The Kier molecular flexibility index (Phi) is 4.44. The second-order valence-corrected chi connectivity index (χ2v) is 4.57. The van der Waals surface area contributed by atoms with Gasteiger partial charge in [-0.1, -0.05) is 12.1 Å². The van der Waals surface area contributed by atoms with E-state index in [4.69, 9.17) is 15.0 Å². The first-order chi connectivity index (χ1) is 7.48. The van der Waals surface area contributed by atoms with E-state index < -0.39 is 0 Å². The van der Waals surface area contributed by atoms with Crippen LogP contribution in [-0.2, 0) is 11.2 Å². The standard InChI is InChI=1S/C11H21N3O2/c1-5-6-9-13-10(14-16-9)8(12)7-11(2,3)15-4/h8H,5-7,12H2,1-4H3. The van der Waals surface area contributed by atoms with Crippen LogP contribution in [0, 0.1) is 0 Å². The van der Waals surface area contributed by atoms with Crippen molar-refractivity contribution < 1.29 is 9.26 Å². The lowest BCUT2D eigenvalue weighted by Crippen LogP contribution is -2.29. The van der Waals surface area contributed by atoms with Crippen LogP contribution in [0.5, 0.6) is 0 Å². The van der Waals surface area contributed by atoms with Crippen LogP contribution in [0.4, 0.5) is 0 Å². The molecule has 0 bridgehead atoms. The fraction of sp³-hybridized carbons (Fsp3) is 0.818. The summed E-state index contributed by atoms with van der Waals surface area (Å²) in [6, 6.07) is -0.246. The zero-order valence-corrected chi connectivity index (χ0v) is 10.5. The molecule has 5 nitrogen and oxygen atoms in total. The summed E-state index contributed by atoms with van der Waals surface area (Å²) in [7, 11) is 1.67. The summed E-state index contributed by atoms with van der Waals surface area (Å²) in [5, 5.41) is 3.89. The van der Waals surface area contributed by atoms with Crippen molar-refractivity contribution in [3.8, 4) is 0 Å². The Hall–Kier alpha value is -0.940. The van der Waals surface area contributed by atoms with Gasteiger partial charge in [-0.3, -0.25) is 0 Å². The van der Waals surface area contributed by atoms with Gasteiger partial charge in [0, 0.05) is 13.5 Å². The molecule has 0 spiro atoms. The lowest BCUT2D eigenvalue weighted by Gasteiger charge is -2.24. The summed E-state index contributed by atoms with van der Waals surface area (Å²) < 4.78 is 10.4. The Labute approximate surface area is 96.4 Å². The number of nitrogens with zero attached hydrogens (tertiary/aromatic N) is 2. The minimum atomic E-state index is -0.273. The molecule has 1 aromatic rings. The fourth-order valence-corrected chi connectivity index (χ4v) is 1.44. The van der Waals surface area contributed by atoms with Crippen LogP contribution in [-0.4, -0.2) is 22.9 Å². The van der Waals surface area contributed by atoms with Crippen molar-refractivity contribution >= 4 is 0 Å². The number of methoxy groups -OCH3 is 1. The van der Waals surface area contributed by atoms with E-state index >= 15 is 0 Å². The molecule has 0 saturated carbocycles. The minimum absolute atomic E-state index is 0.246. The molecule has 5 heteroatoms. The maximum absolute atomic E-state index is 6.00. The van der Waals surface area contributed by atoms with Crippen molar-refractivity contribution in [3.05, 3.63) is 11.7 Å². The summed E-state index contributed by atoms with van der Waals surface area (Å²) >= 11 is 0. The molecule has 0 amide bonds. The van der Waals surface area contributed by atoms with Gasteiger partial charge in [-0.2, -0.15) is 4.98 Å². The number of hydrogen-bond acceptors (Lipinski definition) is 5. The van der Waals surface area contributed by atoms with Crippen LogP contribution in [0.15, 0.2) is 4.52 Å². The number of aromatic nitrogens is 2. The summed E-state index contributed by atoms with van der Waals surface area (Å²) in [5.41, 5.74) is 5.73. The number of rotatable bonds is 6. The molecular weight excluding hydrogens is 206 g/mol. The predicted molar refractivity (Wildman–Crippen MR) is 60.9 cm³/mol. The Balaban J connectivity index is 2.62. The van der Waals surface area contributed by atoms with Crippen molar-refractivity contribution in [1.82, 2.24) is 10.1 Å². The van der Waals surface area contributed by atoms with Crippen LogP contribution in [0.25, 0.3) is 0 Å². The van der Waals surface area contributed by atoms with Crippen molar-refractivity contribution in [2.45, 2.75) is 51.7 Å². The molecule has 1 atom stereocenters. The van der Waals surface area contributed by atoms with Crippen molar-refractivity contribution in [1.29, 1.82) is 0 Å². The summed E-state index contributed by atoms with van der Waals surface area (Å²) in [6.45, 7) is 6.04. The first-order valence-corrected chi connectivity index (χ1v) is 5.61. The largest absolute Gasteiger partial charge is 0.379 e. The van der Waals surface area contributed by atoms with Crippen LogP contribution in [0.3, 0.4) is 0 Å². The van der Waals surface area contributed by atoms with Crippen LogP contribution in [0.2, 0.25) is 0 Å². The SMILES string of the molecule is CCCc1nc(C(N)CC(C)(C)OC)no1. The number of aryl methyl sites for hydroxylation is 1. The first kappa shape index (κ1) is 13.1. The Morgan fingerprint density at radius 2 is 2.19 bits per heavy atom. The quantitative estimate of drug-likeness (QED) is 0.802. The van der Waals surface area contributed by atoms with E-state index in [1.807, 2.05) is 13.8 Å². The topological polar surface area (TPSA) is 74.2 Å². The fourth-order valence-electron chi connectivity index (χ4n) is 1.44. The highest BCUT2D eigenvalue weighted by molar-refractivity contribution is 4.95. The second kappa shape index (κ2) is 5.41. The molecule has 1 aromatic heterocycles.